The summed E-state index contributed by atoms with van der Waals surface area (Å²) in [5.74, 6) is -0.765. The summed E-state index contributed by atoms with van der Waals surface area (Å²) in [7, 11) is 1.58. The number of aryl methyl sites for hydroxylation is 1. The number of carbonyl (C=O) groups excluding carboxylic acids is 3. The van der Waals surface area contributed by atoms with E-state index in [1.165, 1.54) is 6.08 Å². The predicted molar refractivity (Wildman–Crippen MR) is 135 cm³/mol. The molecule has 0 spiro atoms. The first-order chi connectivity index (χ1) is 16.4. The molecule has 4 rings (SSSR count). The van der Waals surface area contributed by atoms with Crippen molar-refractivity contribution < 1.29 is 19.1 Å². The largest absolute Gasteiger partial charge is 0.496 e. The van der Waals surface area contributed by atoms with Crippen LogP contribution in [0.3, 0.4) is 0 Å². The van der Waals surface area contributed by atoms with Gasteiger partial charge in [0.05, 0.1) is 12.8 Å². The Balaban J connectivity index is 1.65. The van der Waals surface area contributed by atoms with E-state index in [1.54, 1.807) is 25.3 Å². The van der Waals surface area contributed by atoms with Crippen molar-refractivity contribution in [2.24, 2.45) is 0 Å². The minimum atomic E-state index is -0.766. The molecule has 3 aromatic rings. The van der Waals surface area contributed by atoms with Crippen LogP contribution in [-0.2, 0) is 22.4 Å². The van der Waals surface area contributed by atoms with Crippen LogP contribution in [0.5, 0.6) is 5.75 Å². The lowest BCUT2D eigenvalue weighted by Crippen LogP contribution is -2.54. The minimum Gasteiger partial charge on any atom is -0.496 e. The number of carbonyl (C=O) groups is 3. The molecule has 34 heavy (non-hydrogen) atoms. The maximum absolute atomic E-state index is 13.1. The van der Waals surface area contributed by atoms with E-state index >= 15 is 0 Å². The van der Waals surface area contributed by atoms with E-state index in [4.69, 9.17) is 4.74 Å². The first kappa shape index (κ1) is 23.4. The number of hydrogen-bond acceptors (Lipinski definition) is 4. The van der Waals surface area contributed by atoms with E-state index in [9.17, 15) is 14.4 Å². The number of methoxy groups -OCH3 is 1. The molecular weight excluding hydrogens is 496 g/mol. The van der Waals surface area contributed by atoms with Gasteiger partial charge in [0.25, 0.3) is 11.8 Å². The average molecular weight is 519 g/mol. The van der Waals surface area contributed by atoms with Gasteiger partial charge in [0.1, 0.15) is 11.3 Å². The Bertz CT molecular complexity index is 1300. The highest BCUT2D eigenvalue weighted by Gasteiger charge is 2.36. The maximum atomic E-state index is 13.1. The van der Waals surface area contributed by atoms with Gasteiger partial charge in [0, 0.05) is 10.9 Å². The fourth-order valence-electron chi connectivity index (χ4n) is 3.78. The smallest absolute Gasteiger partial charge is 0.335 e. The molecule has 0 radical (unpaired) electrons. The number of anilines is 1. The average Bonchev–Trinajstić information content (AvgIpc) is 2.84. The monoisotopic (exact) mass is 518 g/mol. The molecule has 0 unspecified atom stereocenters. The third kappa shape index (κ3) is 4.79. The van der Waals surface area contributed by atoms with Crippen LogP contribution in [0.4, 0.5) is 10.5 Å². The number of halogens is 1. The van der Waals surface area contributed by atoms with Gasteiger partial charge in [-0.1, -0.05) is 65.3 Å². The van der Waals surface area contributed by atoms with Crippen LogP contribution in [0, 0.1) is 0 Å². The van der Waals surface area contributed by atoms with E-state index in [2.05, 4.69) is 21.2 Å². The molecular formula is C27H23BrN2O4. The number of urea groups is 1. The Hall–Kier alpha value is -3.71. The second kappa shape index (κ2) is 10.1. The van der Waals surface area contributed by atoms with Gasteiger partial charge in [-0.05, 0) is 59.0 Å². The molecule has 1 fully saturated rings. The summed E-state index contributed by atoms with van der Waals surface area (Å²) < 4.78 is 6.58. The topological polar surface area (TPSA) is 75.7 Å². The summed E-state index contributed by atoms with van der Waals surface area (Å²) >= 11 is 3.57. The number of benzene rings is 3. The van der Waals surface area contributed by atoms with Crippen molar-refractivity contribution in [3.05, 3.63) is 99.0 Å². The lowest BCUT2D eigenvalue weighted by Gasteiger charge is -2.26. The third-order valence-corrected chi connectivity index (χ3v) is 6.44. The molecule has 0 atom stereocenters. The molecule has 1 saturated heterocycles. The summed E-state index contributed by atoms with van der Waals surface area (Å²) in [4.78, 5) is 39.1. The van der Waals surface area contributed by atoms with E-state index in [1.807, 2.05) is 55.5 Å². The number of ether oxygens (including phenoxy) is 1. The second-order valence-corrected chi connectivity index (χ2v) is 8.67. The standard InChI is InChI=1S/C27H23BrN2O4/c1-3-17-9-12-21(13-10-17)30-26(32)22(25(31)29-27(30)33)14-18-8-11-20(24(15-18)34-2)16-19-6-4-5-7-23(19)28/h4-15H,3,16H2,1-2H3,(H,29,31,33)/b22-14+. The van der Waals surface area contributed by atoms with Crippen molar-refractivity contribution in [2.45, 2.75) is 19.8 Å². The molecule has 1 aliphatic rings. The molecule has 4 amide bonds. The molecule has 1 aliphatic heterocycles. The first-order valence-electron chi connectivity index (χ1n) is 10.8. The molecule has 1 N–H and O–H groups in total. The SMILES string of the molecule is CCc1ccc(N2C(=O)NC(=O)/C(=C\c3ccc(Cc4ccccc4Br)c(OC)c3)C2=O)cc1. The predicted octanol–water partition coefficient (Wildman–Crippen LogP) is 5.28. The van der Waals surface area contributed by atoms with Gasteiger partial charge in [-0.3, -0.25) is 14.9 Å². The number of imide groups is 2. The van der Waals surface area contributed by atoms with Crippen LogP contribution in [0.25, 0.3) is 6.08 Å². The van der Waals surface area contributed by atoms with Crippen LogP contribution < -0.4 is 15.0 Å². The van der Waals surface area contributed by atoms with Gasteiger partial charge in [-0.2, -0.15) is 0 Å². The van der Waals surface area contributed by atoms with Gasteiger partial charge in [0.2, 0.25) is 0 Å². The Morgan fingerprint density at radius 3 is 2.38 bits per heavy atom. The summed E-state index contributed by atoms with van der Waals surface area (Å²) in [6, 6.07) is 19.8. The number of nitrogens with zero attached hydrogens (tertiary/aromatic N) is 1. The molecule has 6 nitrogen and oxygen atoms in total. The van der Waals surface area contributed by atoms with E-state index in [0.717, 1.165) is 32.5 Å². The van der Waals surface area contributed by atoms with Crippen LogP contribution >= 0.6 is 15.9 Å². The summed E-state index contributed by atoms with van der Waals surface area (Å²) in [5, 5.41) is 2.26. The number of nitrogens with one attached hydrogen (secondary N) is 1. The van der Waals surface area contributed by atoms with Gasteiger partial charge >= 0.3 is 6.03 Å². The normalized spacial score (nSPS) is 15.0. The molecule has 3 aromatic carbocycles. The molecule has 1 heterocycles. The fraction of sp³-hybridized carbons (Fsp3) is 0.148. The van der Waals surface area contributed by atoms with Crippen molar-refractivity contribution in [3.8, 4) is 5.75 Å². The number of amides is 4. The van der Waals surface area contributed by atoms with Crippen LogP contribution in [0.15, 0.2) is 76.8 Å². The highest BCUT2D eigenvalue weighted by molar-refractivity contribution is 9.10. The maximum Gasteiger partial charge on any atom is 0.335 e. The minimum absolute atomic E-state index is 0.125. The van der Waals surface area contributed by atoms with Crippen molar-refractivity contribution in [1.29, 1.82) is 0 Å². The number of rotatable bonds is 6. The van der Waals surface area contributed by atoms with Gasteiger partial charge in [-0.25, -0.2) is 9.69 Å². The van der Waals surface area contributed by atoms with Crippen LogP contribution in [0.2, 0.25) is 0 Å². The van der Waals surface area contributed by atoms with E-state index in [-0.39, 0.29) is 5.57 Å². The molecule has 0 aliphatic carbocycles. The zero-order valence-corrected chi connectivity index (χ0v) is 20.4. The summed E-state index contributed by atoms with van der Waals surface area (Å²) in [5.41, 5.74) is 4.04. The zero-order valence-electron chi connectivity index (χ0n) is 18.8. The first-order valence-corrected chi connectivity index (χ1v) is 11.6. The van der Waals surface area contributed by atoms with Gasteiger partial charge < -0.3 is 4.74 Å². The molecule has 7 heteroatoms. The van der Waals surface area contributed by atoms with Crippen LogP contribution in [-0.4, -0.2) is 25.0 Å². The van der Waals surface area contributed by atoms with Crippen molar-refractivity contribution in [2.75, 3.05) is 12.0 Å². The zero-order chi connectivity index (χ0) is 24.2. The highest BCUT2D eigenvalue weighted by Crippen LogP contribution is 2.28. The second-order valence-electron chi connectivity index (χ2n) is 7.82. The molecule has 172 valence electrons. The third-order valence-electron chi connectivity index (χ3n) is 5.67. The quantitative estimate of drug-likeness (QED) is 0.356. The van der Waals surface area contributed by atoms with Crippen molar-refractivity contribution in [3.63, 3.8) is 0 Å². The Kier molecular flexibility index (Phi) is 6.93. The molecule has 0 aromatic heterocycles. The Labute approximate surface area is 206 Å². The summed E-state index contributed by atoms with van der Waals surface area (Å²) in [6.07, 6.45) is 2.96. The lowest BCUT2D eigenvalue weighted by molar-refractivity contribution is -0.122. The van der Waals surface area contributed by atoms with E-state index in [0.29, 0.717) is 23.4 Å². The van der Waals surface area contributed by atoms with Crippen molar-refractivity contribution >= 4 is 45.5 Å². The van der Waals surface area contributed by atoms with Gasteiger partial charge in [-0.15, -0.1) is 0 Å². The molecule has 0 saturated carbocycles. The lowest BCUT2D eigenvalue weighted by atomic mass is 10.0. The number of barbiturate groups is 1. The fourth-order valence-corrected chi connectivity index (χ4v) is 4.21. The molecule has 0 bridgehead atoms. The van der Waals surface area contributed by atoms with Crippen molar-refractivity contribution in [1.82, 2.24) is 5.32 Å². The highest BCUT2D eigenvalue weighted by atomic mass is 79.9. The summed E-state index contributed by atoms with van der Waals surface area (Å²) in [6.45, 7) is 2.02. The number of hydrogen-bond donors (Lipinski definition) is 1. The van der Waals surface area contributed by atoms with Gasteiger partial charge in [0.15, 0.2) is 0 Å². The Morgan fingerprint density at radius 2 is 1.71 bits per heavy atom. The Morgan fingerprint density at radius 1 is 0.971 bits per heavy atom. The van der Waals surface area contributed by atoms with E-state index < -0.39 is 17.8 Å². The van der Waals surface area contributed by atoms with Crippen LogP contribution in [0.1, 0.15) is 29.2 Å².